The van der Waals surface area contributed by atoms with Crippen LogP contribution in [0.4, 0.5) is 0 Å². The topological polar surface area (TPSA) is 102 Å². The third-order valence-corrected chi connectivity index (χ3v) is 4.27. The number of methoxy groups -OCH3 is 2. The van der Waals surface area contributed by atoms with Crippen molar-refractivity contribution in [2.45, 2.75) is 0 Å². The summed E-state index contributed by atoms with van der Waals surface area (Å²) in [7, 11) is 3.03. The molecule has 8 nitrogen and oxygen atoms in total. The molecule has 0 aliphatic rings. The van der Waals surface area contributed by atoms with E-state index in [0.717, 1.165) is 15.6 Å². The van der Waals surface area contributed by atoms with Crippen LogP contribution in [0.15, 0.2) is 52.6 Å². The van der Waals surface area contributed by atoms with E-state index in [4.69, 9.17) is 9.47 Å². The number of phenols is 1. The maximum atomic E-state index is 12.8. The average Bonchev–Trinajstić information content (AvgIpc) is 3.08. The minimum atomic E-state index is -0.364. The summed E-state index contributed by atoms with van der Waals surface area (Å²) in [5.74, 6) is 0.900. The lowest BCUT2D eigenvalue weighted by molar-refractivity contribution is 0.373. The molecule has 0 saturated carbocycles. The summed E-state index contributed by atoms with van der Waals surface area (Å²) >= 11 is 0. The zero-order valence-electron chi connectivity index (χ0n) is 14.6. The van der Waals surface area contributed by atoms with E-state index in [0.29, 0.717) is 28.1 Å². The predicted octanol–water partition coefficient (Wildman–Crippen LogP) is 2.48. The molecule has 8 heteroatoms. The first-order chi connectivity index (χ1) is 13.1. The third-order valence-electron chi connectivity index (χ3n) is 4.27. The van der Waals surface area contributed by atoms with E-state index in [2.05, 4.69) is 15.1 Å². The largest absolute Gasteiger partial charge is 0.504 e. The summed E-state index contributed by atoms with van der Waals surface area (Å²) in [6.45, 7) is 0. The van der Waals surface area contributed by atoms with Crippen LogP contribution in [0.5, 0.6) is 17.2 Å². The summed E-state index contributed by atoms with van der Waals surface area (Å²) in [4.78, 5) is 20.2. The number of aromatic nitrogens is 3. The van der Waals surface area contributed by atoms with Gasteiger partial charge >= 0.3 is 0 Å². The first-order valence-electron chi connectivity index (χ1n) is 8.10. The van der Waals surface area contributed by atoms with E-state index in [1.807, 2.05) is 18.2 Å². The number of fused-ring (bicyclic) bond motifs is 3. The SMILES string of the molecule is COc1cccc(C=Nn2cnc3c([nH]c4cccc(OC)c43)c2=O)c1O. The Kier molecular flexibility index (Phi) is 4.00. The van der Waals surface area contributed by atoms with Gasteiger partial charge in [0.05, 0.1) is 31.3 Å². The highest BCUT2D eigenvalue weighted by molar-refractivity contribution is 6.07. The minimum absolute atomic E-state index is 0.0545. The van der Waals surface area contributed by atoms with E-state index in [9.17, 15) is 9.90 Å². The maximum absolute atomic E-state index is 12.8. The van der Waals surface area contributed by atoms with Crippen molar-refractivity contribution in [2.24, 2.45) is 5.10 Å². The lowest BCUT2D eigenvalue weighted by Gasteiger charge is -2.05. The van der Waals surface area contributed by atoms with E-state index in [1.165, 1.54) is 19.7 Å². The Morgan fingerprint density at radius 2 is 1.89 bits per heavy atom. The second-order valence-electron chi connectivity index (χ2n) is 5.77. The quantitative estimate of drug-likeness (QED) is 0.542. The van der Waals surface area contributed by atoms with Gasteiger partial charge in [-0.15, -0.1) is 0 Å². The normalized spacial score (nSPS) is 11.5. The van der Waals surface area contributed by atoms with Crippen molar-refractivity contribution in [3.8, 4) is 17.2 Å². The number of para-hydroxylation sites is 1. The molecule has 0 radical (unpaired) electrons. The molecule has 0 amide bonds. The molecule has 0 bridgehead atoms. The molecule has 4 rings (SSSR count). The van der Waals surface area contributed by atoms with Crippen molar-refractivity contribution in [1.82, 2.24) is 14.6 Å². The molecule has 2 heterocycles. The Bertz CT molecular complexity index is 1240. The van der Waals surface area contributed by atoms with Crippen LogP contribution in [0.2, 0.25) is 0 Å². The third kappa shape index (κ3) is 2.67. The number of H-pyrrole nitrogens is 1. The van der Waals surface area contributed by atoms with Gasteiger partial charge < -0.3 is 19.6 Å². The highest BCUT2D eigenvalue weighted by Crippen LogP contribution is 2.30. The molecule has 0 saturated heterocycles. The summed E-state index contributed by atoms with van der Waals surface area (Å²) in [5.41, 5.74) is 1.64. The Labute approximate surface area is 153 Å². The lowest BCUT2D eigenvalue weighted by Crippen LogP contribution is -2.17. The minimum Gasteiger partial charge on any atom is -0.504 e. The van der Waals surface area contributed by atoms with Crippen LogP contribution in [-0.2, 0) is 0 Å². The fourth-order valence-corrected chi connectivity index (χ4v) is 2.95. The van der Waals surface area contributed by atoms with Crippen molar-refractivity contribution in [3.05, 3.63) is 58.6 Å². The van der Waals surface area contributed by atoms with Gasteiger partial charge in [-0.25, -0.2) is 4.98 Å². The van der Waals surface area contributed by atoms with Gasteiger partial charge in [-0.2, -0.15) is 9.78 Å². The standard InChI is InChI=1S/C19H16N4O4/c1-26-13-7-4-6-12-15(13)16-17(22-12)19(25)23(10-20-16)21-9-11-5-3-8-14(27-2)18(11)24/h3-10,22,24H,1-2H3. The molecule has 0 spiro atoms. The zero-order valence-corrected chi connectivity index (χ0v) is 14.6. The average molecular weight is 364 g/mol. The number of nitrogens with one attached hydrogen (secondary N) is 1. The number of hydrogen-bond acceptors (Lipinski definition) is 6. The first kappa shape index (κ1) is 16.6. The number of hydrogen-bond donors (Lipinski definition) is 2. The van der Waals surface area contributed by atoms with Gasteiger partial charge in [0.2, 0.25) is 0 Å². The molecule has 2 aromatic heterocycles. The van der Waals surface area contributed by atoms with Gasteiger partial charge in [0.1, 0.15) is 23.1 Å². The van der Waals surface area contributed by atoms with Crippen LogP contribution in [0.3, 0.4) is 0 Å². The molecule has 2 N–H and O–H groups in total. The number of ether oxygens (including phenoxy) is 2. The number of aromatic hydroxyl groups is 1. The number of rotatable bonds is 4. The van der Waals surface area contributed by atoms with Gasteiger partial charge in [0.15, 0.2) is 11.5 Å². The second-order valence-corrected chi connectivity index (χ2v) is 5.77. The molecule has 0 aliphatic heterocycles. The Morgan fingerprint density at radius 3 is 2.67 bits per heavy atom. The summed E-state index contributed by atoms with van der Waals surface area (Å²) in [5, 5.41) is 15.0. The second kappa shape index (κ2) is 6.49. The molecule has 136 valence electrons. The summed E-state index contributed by atoms with van der Waals surface area (Å²) in [6, 6.07) is 10.5. The zero-order chi connectivity index (χ0) is 19.0. The van der Waals surface area contributed by atoms with Crippen molar-refractivity contribution < 1.29 is 14.6 Å². The summed E-state index contributed by atoms with van der Waals surface area (Å²) < 4.78 is 11.5. The van der Waals surface area contributed by atoms with Crippen LogP contribution in [-0.4, -0.2) is 40.2 Å². The van der Waals surface area contributed by atoms with Crippen molar-refractivity contribution in [3.63, 3.8) is 0 Å². The van der Waals surface area contributed by atoms with Gasteiger partial charge in [-0.05, 0) is 24.3 Å². The number of benzene rings is 2. The van der Waals surface area contributed by atoms with Crippen LogP contribution in [0, 0.1) is 0 Å². The van der Waals surface area contributed by atoms with Crippen LogP contribution >= 0.6 is 0 Å². The molecule has 0 aliphatic carbocycles. The van der Waals surface area contributed by atoms with E-state index in [-0.39, 0.29) is 11.3 Å². The smallest absolute Gasteiger partial charge is 0.298 e. The van der Waals surface area contributed by atoms with Crippen LogP contribution < -0.4 is 15.0 Å². The number of phenolic OH excluding ortho intramolecular Hbond substituents is 1. The molecule has 0 unspecified atom stereocenters. The van der Waals surface area contributed by atoms with Crippen molar-refractivity contribution >= 4 is 28.2 Å². The molecule has 0 atom stereocenters. The highest BCUT2D eigenvalue weighted by Gasteiger charge is 2.14. The lowest BCUT2D eigenvalue weighted by atomic mass is 10.2. The number of aromatic amines is 1. The Balaban J connectivity index is 1.83. The first-order valence-corrected chi connectivity index (χ1v) is 8.10. The molecule has 2 aromatic carbocycles. The van der Waals surface area contributed by atoms with Gasteiger partial charge in [0, 0.05) is 5.56 Å². The van der Waals surface area contributed by atoms with Crippen molar-refractivity contribution in [2.75, 3.05) is 14.2 Å². The van der Waals surface area contributed by atoms with Crippen LogP contribution in [0.25, 0.3) is 21.9 Å². The van der Waals surface area contributed by atoms with Crippen molar-refractivity contribution in [1.29, 1.82) is 0 Å². The molecular weight excluding hydrogens is 348 g/mol. The van der Waals surface area contributed by atoms with Gasteiger partial charge in [0.25, 0.3) is 5.56 Å². The molecule has 27 heavy (non-hydrogen) atoms. The molecule has 0 fully saturated rings. The summed E-state index contributed by atoms with van der Waals surface area (Å²) in [6.07, 6.45) is 2.70. The van der Waals surface area contributed by atoms with E-state index < -0.39 is 0 Å². The fourth-order valence-electron chi connectivity index (χ4n) is 2.95. The highest BCUT2D eigenvalue weighted by atomic mass is 16.5. The van der Waals surface area contributed by atoms with E-state index >= 15 is 0 Å². The fraction of sp³-hybridized carbons (Fsp3) is 0.105. The van der Waals surface area contributed by atoms with Gasteiger partial charge in [-0.1, -0.05) is 12.1 Å². The number of nitrogens with zero attached hydrogens (tertiary/aromatic N) is 3. The molecular formula is C19H16N4O4. The Hall–Kier alpha value is -3.81. The van der Waals surface area contributed by atoms with Gasteiger partial charge in [-0.3, -0.25) is 4.79 Å². The monoisotopic (exact) mass is 364 g/mol. The van der Waals surface area contributed by atoms with E-state index in [1.54, 1.807) is 25.3 Å². The molecule has 4 aromatic rings. The predicted molar refractivity (Wildman–Crippen MR) is 102 cm³/mol. The Morgan fingerprint density at radius 1 is 1.15 bits per heavy atom. The maximum Gasteiger partial charge on any atom is 0.298 e. The van der Waals surface area contributed by atoms with Crippen LogP contribution in [0.1, 0.15) is 5.56 Å².